The molecule has 0 aromatic carbocycles. The van der Waals surface area contributed by atoms with Gasteiger partial charge < -0.3 is 5.32 Å². The first-order valence-corrected chi connectivity index (χ1v) is 5.69. The van der Waals surface area contributed by atoms with E-state index in [9.17, 15) is 0 Å². The second-order valence-corrected chi connectivity index (χ2v) is 4.74. The zero-order chi connectivity index (χ0) is 10.7. The highest BCUT2D eigenvalue weighted by atomic mass is 35.5. The van der Waals surface area contributed by atoms with Crippen molar-refractivity contribution in [2.45, 2.75) is 6.04 Å². The smallest absolute Gasteiger partial charge is 0.0931 e. The van der Waals surface area contributed by atoms with Crippen LogP contribution in [-0.4, -0.2) is 17.0 Å². The van der Waals surface area contributed by atoms with Gasteiger partial charge in [-0.3, -0.25) is 9.97 Å². The average Bonchev–Trinajstić information content (AvgIpc) is 2.68. The van der Waals surface area contributed by atoms with Crippen LogP contribution in [0.5, 0.6) is 0 Å². The summed E-state index contributed by atoms with van der Waals surface area (Å²) >= 11 is 7.45. The fourth-order valence-electron chi connectivity index (χ4n) is 1.38. The standard InChI is InChI=1S/C10H10ClN3S/c1-12-10(7-6-13-4-5-14-7)8-2-3-9(11)15-8/h2-6,10,12H,1H3. The molecule has 2 aromatic heterocycles. The van der Waals surface area contributed by atoms with Crippen LogP contribution in [0.2, 0.25) is 4.34 Å². The summed E-state index contributed by atoms with van der Waals surface area (Å²) in [7, 11) is 1.90. The van der Waals surface area contributed by atoms with Crippen LogP contribution in [0.25, 0.3) is 0 Å². The van der Waals surface area contributed by atoms with E-state index in [-0.39, 0.29) is 6.04 Å². The number of nitrogens with zero attached hydrogens (tertiary/aromatic N) is 2. The van der Waals surface area contributed by atoms with Gasteiger partial charge >= 0.3 is 0 Å². The fourth-order valence-corrected chi connectivity index (χ4v) is 2.56. The molecule has 15 heavy (non-hydrogen) atoms. The number of halogens is 1. The van der Waals surface area contributed by atoms with E-state index in [1.165, 1.54) is 0 Å². The molecule has 1 N–H and O–H groups in total. The summed E-state index contributed by atoms with van der Waals surface area (Å²) in [4.78, 5) is 9.47. The fraction of sp³-hybridized carbons (Fsp3) is 0.200. The van der Waals surface area contributed by atoms with Crippen LogP contribution in [0.3, 0.4) is 0 Å². The Kier molecular flexibility index (Phi) is 3.30. The van der Waals surface area contributed by atoms with Gasteiger partial charge in [-0.2, -0.15) is 0 Å². The average molecular weight is 240 g/mol. The lowest BCUT2D eigenvalue weighted by molar-refractivity contribution is 0.678. The molecule has 0 spiro atoms. The summed E-state index contributed by atoms with van der Waals surface area (Å²) in [5.74, 6) is 0. The molecule has 2 aromatic rings. The van der Waals surface area contributed by atoms with Crippen molar-refractivity contribution in [3.8, 4) is 0 Å². The first-order chi connectivity index (χ1) is 7.31. The molecule has 5 heteroatoms. The van der Waals surface area contributed by atoms with Crippen LogP contribution in [0.4, 0.5) is 0 Å². The predicted molar refractivity (Wildman–Crippen MR) is 62.3 cm³/mol. The van der Waals surface area contributed by atoms with Crippen molar-refractivity contribution < 1.29 is 0 Å². The highest BCUT2D eigenvalue weighted by molar-refractivity contribution is 7.16. The Balaban J connectivity index is 2.33. The molecule has 0 aliphatic heterocycles. The Morgan fingerprint density at radius 2 is 2.27 bits per heavy atom. The van der Waals surface area contributed by atoms with E-state index >= 15 is 0 Å². The highest BCUT2D eigenvalue weighted by Gasteiger charge is 2.15. The first-order valence-electron chi connectivity index (χ1n) is 4.49. The van der Waals surface area contributed by atoms with E-state index in [1.54, 1.807) is 29.9 Å². The number of thiophene rings is 1. The van der Waals surface area contributed by atoms with E-state index in [1.807, 2.05) is 19.2 Å². The van der Waals surface area contributed by atoms with Gasteiger partial charge in [0.25, 0.3) is 0 Å². The number of hydrogen-bond donors (Lipinski definition) is 1. The zero-order valence-corrected chi connectivity index (χ0v) is 9.72. The summed E-state index contributed by atoms with van der Waals surface area (Å²) in [6.45, 7) is 0. The second-order valence-electron chi connectivity index (χ2n) is 2.99. The summed E-state index contributed by atoms with van der Waals surface area (Å²) in [5.41, 5.74) is 0.901. The summed E-state index contributed by atoms with van der Waals surface area (Å²) in [6.07, 6.45) is 5.11. The van der Waals surface area contributed by atoms with Crippen LogP contribution in [-0.2, 0) is 0 Å². The van der Waals surface area contributed by atoms with Gasteiger partial charge in [-0.25, -0.2) is 0 Å². The number of nitrogens with one attached hydrogen (secondary N) is 1. The number of aromatic nitrogens is 2. The lowest BCUT2D eigenvalue weighted by Gasteiger charge is -2.12. The maximum Gasteiger partial charge on any atom is 0.0931 e. The Morgan fingerprint density at radius 3 is 2.80 bits per heavy atom. The summed E-state index contributed by atoms with van der Waals surface area (Å²) in [5, 5.41) is 3.20. The number of hydrogen-bond acceptors (Lipinski definition) is 4. The second kappa shape index (κ2) is 4.70. The highest BCUT2D eigenvalue weighted by Crippen LogP contribution is 2.29. The van der Waals surface area contributed by atoms with Gasteiger partial charge in [-0.15, -0.1) is 11.3 Å². The third kappa shape index (κ3) is 2.34. The topological polar surface area (TPSA) is 37.8 Å². The maximum absolute atomic E-state index is 5.90. The van der Waals surface area contributed by atoms with Crippen molar-refractivity contribution in [2.75, 3.05) is 7.05 Å². The van der Waals surface area contributed by atoms with E-state index in [4.69, 9.17) is 11.6 Å². The Morgan fingerprint density at radius 1 is 1.40 bits per heavy atom. The summed E-state index contributed by atoms with van der Waals surface area (Å²) in [6, 6.07) is 3.96. The van der Waals surface area contributed by atoms with E-state index < -0.39 is 0 Å². The lowest BCUT2D eigenvalue weighted by Crippen LogP contribution is -2.17. The molecule has 0 aliphatic rings. The van der Waals surface area contributed by atoms with Crippen LogP contribution in [0, 0.1) is 0 Å². The SMILES string of the molecule is CNC(c1cnccn1)c1ccc(Cl)s1. The van der Waals surface area contributed by atoms with Gasteiger partial charge in [0.2, 0.25) is 0 Å². The maximum atomic E-state index is 5.90. The molecular formula is C10H10ClN3S. The molecule has 0 fully saturated rings. The van der Waals surface area contributed by atoms with E-state index in [0.717, 1.165) is 14.9 Å². The van der Waals surface area contributed by atoms with Crippen molar-refractivity contribution >= 4 is 22.9 Å². The third-order valence-electron chi connectivity index (χ3n) is 2.05. The molecule has 78 valence electrons. The molecule has 0 amide bonds. The largest absolute Gasteiger partial charge is 0.307 e. The molecule has 1 unspecified atom stereocenters. The molecule has 1 atom stereocenters. The third-order valence-corrected chi connectivity index (χ3v) is 3.34. The van der Waals surface area contributed by atoms with E-state index in [0.29, 0.717) is 0 Å². The quantitative estimate of drug-likeness (QED) is 0.895. The molecule has 0 aliphatic carbocycles. The molecule has 0 bridgehead atoms. The van der Waals surface area contributed by atoms with Gasteiger partial charge in [-0.05, 0) is 19.2 Å². The molecule has 2 rings (SSSR count). The molecule has 2 heterocycles. The van der Waals surface area contributed by atoms with Gasteiger partial charge in [0.15, 0.2) is 0 Å². The van der Waals surface area contributed by atoms with Crippen molar-refractivity contribution in [1.82, 2.24) is 15.3 Å². The van der Waals surface area contributed by atoms with Gasteiger partial charge in [0, 0.05) is 17.3 Å². The molecule has 0 radical (unpaired) electrons. The van der Waals surface area contributed by atoms with E-state index in [2.05, 4.69) is 15.3 Å². The molecule has 0 saturated heterocycles. The van der Waals surface area contributed by atoms with Crippen molar-refractivity contribution in [1.29, 1.82) is 0 Å². The lowest BCUT2D eigenvalue weighted by atomic mass is 10.2. The number of rotatable bonds is 3. The Bertz CT molecular complexity index is 429. The molecular weight excluding hydrogens is 230 g/mol. The normalized spacial score (nSPS) is 12.7. The van der Waals surface area contributed by atoms with Crippen LogP contribution in [0.15, 0.2) is 30.7 Å². The van der Waals surface area contributed by atoms with Crippen LogP contribution < -0.4 is 5.32 Å². The predicted octanol–water partition coefficient (Wildman–Crippen LogP) is 2.50. The first kappa shape index (κ1) is 10.5. The Hall–Kier alpha value is -0.970. The zero-order valence-electron chi connectivity index (χ0n) is 8.14. The van der Waals surface area contributed by atoms with Gasteiger partial charge in [0.05, 0.1) is 22.3 Å². The minimum atomic E-state index is 0.0659. The van der Waals surface area contributed by atoms with Gasteiger partial charge in [-0.1, -0.05) is 11.6 Å². The van der Waals surface area contributed by atoms with Crippen LogP contribution >= 0.6 is 22.9 Å². The van der Waals surface area contributed by atoms with Crippen molar-refractivity contribution in [2.24, 2.45) is 0 Å². The molecule has 3 nitrogen and oxygen atoms in total. The van der Waals surface area contributed by atoms with Crippen LogP contribution in [0.1, 0.15) is 16.6 Å². The van der Waals surface area contributed by atoms with Crippen molar-refractivity contribution in [3.05, 3.63) is 45.6 Å². The minimum Gasteiger partial charge on any atom is -0.307 e. The minimum absolute atomic E-state index is 0.0659. The van der Waals surface area contributed by atoms with Crippen molar-refractivity contribution in [3.63, 3.8) is 0 Å². The van der Waals surface area contributed by atoms with Gasteiger partial charge in [0.1, 0.15) is 0 Å². The monoisotopic (exact) mass is 239 g/mol. The Labute approximate surface area is 97.2 Å². The molecule has 0 saturated carbocycles. The summed E-state index contributed by atoms with van der Waals surface area (Å²) < 4.78 is 0.786.